The van der Waals surface area contributed by atoms with Crippen LogP contribution in [0.15, 0.2) is 53.4 Å². The van der Waals surface area contributed by atoms with Crippen LogP contribution in [0.25, 0.3) is 0 Å². The van der Waals surface area contributed by atoms with Crippen molar-refractivity contribution < 1.29 is 18.3 Å². The molecule has 2 aromatic rings. The molecule has 4 rings (SSSR count). The predicted molar refractivity (Wildman–Crippen MR) is 115 cm³/mol. The first-order valence-electron chi connectivity index (χ1n) is 10.4. The van der Waals surface area contributed by atoms with E-state index in [2.05, 4.69) is 6.07 Å². The van der Waals surface area contributed by atoms with Crippen molar-refractivity contribution >= 4 is 16.3 Å². The minimum atomic E-state index is -3.83. The molecule has 0 aliphatic carbocycles. The molecule has 1 fully saturated rings. The fourth-order valence-electron chi connectivity index (χ4n) is 4.40. The van der Waals surface area contributed by atoms with Gasteiger partial charge in [0.05, 0.1) is 31.7 Å². The van der Waals surface area contributed by atoms with E-state index in [0.717, 1.165) is 11.1 Å². The predicted octanol–water partition coefficient (Wildman–Crippen LogP) is 3.10. The Bertz CT molecular complexity index is 1050. The Morgan fingerprint density at radius 3 is 2.77 bits per heavy atom. The fraction of sp³-hybridized carbons (Fsp3) is 0.391. The number of nitrogens with zero attached hydrogens (tertiary/aromatic N) is 3. The van der Waals surface area contributed by atoms with E-state index in [9.17, 15) is 13.6 Å². The molecule has 0 bridgehead atoms. The van der Waals surface area contributed by atoms with Gasteiger partial charge in [-0.15, -0.1) is 4.31 Å². The van der Waals surface area contributed by atoms with Crippen molar-refractivity contribution in [3.8, 4) is 11.8 Å². The van der Waals surface area contributed by atoms with E-state index < -0.39 is 16.4 Å². The van der Waals surface area contributed by atoms with Crippen LogP contribution in [-0.2, 0) is 19.4 Å². The van der Waals surface area contributed by atoms with E-state index in [4.69, 9.17) is 10.00 Å². The SMILES string of the molecule is Cc1ccc2c(c1)[C@@H]1[C@H](CO2)CN(CCC#N)C(=O)CCN1[S+](=O)([O-])c1ccccc1. The zero-order chi connectivity index (χ0) is 22.0. The van der Waals surface area contributed by atoms with Crippen molar-refractivity contribution in [3.63, 3.8) is 0 Å². The molecule has 0 spiro atoms. The lowest BCUT2D eigenvalue weighted by atomic mass is 9.88. The van der Waals surface area contributed by atoms with Gasteiger partial charge >= 0.3 is 0 Å². The monoisotopic (exact) mass is 439 g/mol. The number of nitriles is 1. The summed E-state index contributed by atoms with van der Waals surface area (Å²) >= 11 is 0. The van der Waals surface area contributed by atoms with E-state index in [0.29, 0.717) is 25.4 Å². The molecular formula is C23H25N3O4S. The maximum atomic E-state index is 13.7. The lowest BCUT2D eigenvalue weighted by Crippen LogP contribution is -2.52. The second-order valence-corrected chi connectivity index (χ2v) is 9.87. The molecule has 2 heterocycles. The number of hydrogen-bond donors (Lipinski definition) is 0. The molecule has 31 heavy (non-hydrogen) atoms. The third kappa shape index (κ3) is 4.22. The summed E-state index contributed by atoms with van der Waals surface area (Å²) in [5, 5.41) is 8.98. The molecule has 1 saturated heterocycles. The summed E-state index contributed by atoms with van der Waals surface area (Å²) in [6, 6.07) is 15.8. The summed E-state index contributed by atoms with van der Waals surface area (Å²) in [6.45, 7) is 3.03. The molecule has 2 aromatic carbocycles. The molecule has 0 N–H and O–H groups in total. The first-order valence-corrected chi connectivity index (χ1v) is 11.8. The van der Waals surface area contributed by atoms with Crippen LogP contribution in [0.3, 0.4) is 0 Å². The Morgan fingerprint density at radius 1 is 1.26 bits per heavy atom. The number of fused-ring (bicyclic) bond motifs is 3. The van der Waals surface area contributed by atoms with Crippen molar-refractivity contribution in [3.05, 3.63) is 59.7 Å². The van der Waals surface area contributed by atoms with E-state index in [1.54, 1.807) is 35.2 Å². The summed E-state index contributed by atoms with van der Waals surface area (Å²) in [7, 11) is -3.83. The van der Waals surface area contributed by atoms with Gasteiger partial charge in [-0.1, -0.05) is 40.1 Å². The number of carbonyl (C=O) groups excluding carboxylic acids is 1. The van der Waals surface area contributed by atoms with Crippen LogP contribution in [0.4, 0.5) is 0 Å². The molecule has 3 atom stereocenters. The molecule has 0 aromatic heterocycles. The summed E-state index contributed by atoms with van der Waals surface area (Å²) in [6.07, 6.45) is 0.314. The summed E-state index contributed by atoms with van der Waals surface area (Å²) in [5.74, 6) is 0.295. The summed E-state index contributed by atoms with van der Waals surface area (Å²) in [5.41, 5.74) is 1.84. The van der Waals surface area contributed by atoms with Crippen LogP contribution in [0, 0.1) is 24.2 Å². The van der Waals surface area contributed by atoms with Crippen molar-refractivity contribution in [2.45, 2.75) is 30.7 Å². The number of rotatable bonds is 4. The molecule has 2 aliphatic heterocycles. The highest BCUT2D eigenvalue weighted by Crippen LogP contribution is 2.44. The van der Waals surface area contributed by atoms with Gasteiger partial charge in [0.1, 0.15) is 5.75 Å². The summed E-state index contributed by atoms with van der Waals surface area (Å²) in [4.78, 5) is 14.7. The lowest BCUT2D eigenvalue weighted by molar-refractivity contribution is -0.133. The zero-order valence-electron chi connectivity index (χ0n) is 17.4. The number of carbonyl (C=O) groups is 1. The van der Waals surface area contributed by atoms with Crippen molar-refractivity contribution in [2.75, 3.05) is 26.2 Å². The summed E-state index contributed by atoms with van der Waals surface area (Å²) < 4.78 is 34.8. The molecule has 2 aliphatic rings. The van der Waals surface area contributed by atoms with Gasteiger partial charge in [-0.25, -0.2) is 0 Å². The van der Waals surface area contributed by atoms with Gasteiger partial charge in [-0.2, -0.15) is 5.26 Å². The standard InChI is InChI=1S/C23H25N3O4S/c1-17-8-9-21-20(14-17)23-18(16-30-21)15-25(12-5-11-24)22(27)10-13-26(23)31(28,29)19-6-3-2-4-7-19/h2-4,6-9,14,18,23H,5,10,12-13,15-16H2,1H3/t18-,23-/m0/s1. The average molecular weight is 440 g/mol. The molecule has 7 nitrogen and oxygen atoms in total. The van der Waals surface area contributed by atoms with Gasteiger partial charge in [0.15, 0.2) is 15.3 Å². The Hall–Kier alpha value is -2.73. The highest BCUT2D eigenvalue weighted by molar-refractivity contribution is 7.95. The van der Waals surface area contributed by atoms with Crippen LogP contribution >= 0.6 is 0 Å². The van der Waals surface area contributed by atoms with Crippen molar-refractivity contribution in [2.24, 2.45) is 5.92 Å². The van der Waals surface area contributed by atoms with Gasteiger partial charge in [-0.05, 0) is 25.1 Å². The maximum absolute atomic E-state index is 13.7. The molecule has 1 amide bonds. The Kier molecular flexibility index (Phi) is 6.10. The smallest absolute Gasteiger partial charge is 0.224 e. The molecule has 0 radical (unpaired) electrons. The quantitative estimate of drug-likeness (QED) is 0.682. The molecule has 162 valence electrons. The number of ether oxygens (including phenoxy) is 1. The van der Waals surface area contributed by atoms with Gasteiger partial charge in [0.2, 0.25) is 5.91 Å². The number of benzene rings is 2. The van der Waals surface area contributed by atoms with E-state index in [1.807, 2.05) is 25.1 Å². The largest absolute Gasteiger partial charge is 0.593 e. The third-order valence-electron chi connectivity index (χ3n) is 5.89. The van der Waals surface area contributed by atoms with Gasteiger partial charge < -0.3 is 14.2 Å². The number of hydrogen-bond acceptors (Lipinski definition) is 5. The van der Waals surface area contributed by atoms with E-state index >= 15 is 0 Å². The number of aryl methyl sites for hydroxylation is 1. The number of amides is 1. The molecular weight excluding hydrogens is 414 g/mol. The lowest BCUT2D eigenvalue weighted by Gasteiger charge is -2.44. The third-order valence-corrected chi connectivity index (χ3v) is 7.79. The Balaban J connectivity index is 1.80. The van der Waals surface area contributed by atoms with Crippen LogP contribution in [0.2, 0.25) is 0 Å². The second kappa shape index (κ2) is 8.79. The van der Waals surface area contributed by atoms with E-state index in [-0.39, 0.29) is 36.1 Å². The zero-order valence-corrected chi connectivity index (χ0v) is 18.2. The highest BCUT2D eigenvalue weighted by atomic mass is 32.3. The fourth-order valence-corrected chi connectivity index (χ4v) is 6.09. The molecule has 0 saturated carbocycles. The van der Waals surface area contributed by atoms with Gasteiger partial charge in [0, 0.05) is 31.0 Å². The topological polar surface area (TPSA) is 96.7 Å². The van der Waals surface area contributed by atoms with Crippen molar-refractivity contribution in [1.82, 2.24) is 9.21 Å². The first-order chi connectivity index (χ1) is 14.9. The minimum Gasteiger partial charge on any atom is -0.593 e. The van der Waals surface area contributed by atoms with Gasteiger partial charge in [0.25, 0.3) is 0 Å². The first kappa shape index (κ1) is 21.5. The molecule has 8 heteroatoms. The molecule has 1 unspecified atom stereocenters. The van der Waals surface area contributed by atoms with Crippen LogP contribution in [0.1, 0.15) is 30.0 Å². The van der Waals surface area contributed by atoms with Crippen LogP contribution < -0.4 is 4.74 Å². The van der Waals surface area contributed by atoms with Gasteiger partial charge in [-0.3, -0.25) is 4.79 Å². The minimum absolute atomic E-state index is 0.0721. The Morgan fingerprint density at radius 2 is 2.03 bits per heavy atom. The van der Waals surface area contributed by atoms with Crippen molar-refractivity contribution in [1.29, 1.82) is 5.26 Å². The maximum Gasteiger partial charge on any atom is 0.224 e. The average Bonchev–Trinajstić information content (AvgIpc) is 2.76. The second-order valence-electron chi connectivity index (χ2n) is 7.98. The van der Waals surface area contributed by atoms with E-state index in [1.165, 1.54) is 4.31 Å². The Labute approximate surface area is 183 Å². The highest BCUT2D eigenvalue weighted by Gasteiger charge is 2.46. The normalized spacial score (nSPS) is 23.4. The van der Waals surface area contributed by atoms with Crippen LogP contribution in [0.5, 0.6) is 5.75 Å². The number of sulfonamides is 1. The van der Waals surface area contributed by atoms with Crippen LogP contribution in [-0.4, -0.2) is 45.9 Å².